The topological polar surface area (TPSA) is 50.6 Å². The molecule has 0 rings (SSSR count). The molecule has 43 heavy (non-hydrogen) atoms. The second-order valence-electron chi connectivity index (χ2n) is 12.9. The highest BCUT2D eigenvalue weighted by molar-refractivity contribution is 4.54. The first-order valence-electron chi connectivity index (χ1n) is 19.5. The molecule has 0 saturated carbocycles. The van der Waals surface area contributed by atoms with Gasteiger partial charge in [-0.25, -0.2) is 0 Å². The molecule has 0 aliphatic carbocycles. The van der Waals surface area contributed by atoms with E-state index in [0.29, 0.717) is 0 Å². The lowest BCUT2D eigenvalue weighted by atomic mass is 10.0. The van der Waals surface area contributed by atoms with E-state index in [0.717, 1.165) is 0 Å². The molecule has 0 aliphatic heterocycles. The average molecular weight is 614 g/mol. The van der Waals surface area contributed by atoms with Gasteiger partial charge in [-0.15, -0.1) is 0 Å². The van der Waals surface area contributed by atoms with Crippen LogP contribution in [0.15, 0.2) is 0 Å². The normalized spacial score (nSPS) is 10.9. The summed E-state index contributed by atoms with van der Waals surface area (Å²) in [7, 11) is 2.44. The molecular formula is C38H81N2O3+. The average Bonchev–Trinajstić information content (AvgIpc) is 3.03. The first kappa shape index (κ1) is 44.3. The third-order valence-electron chi connectivity index (χ3n) is 8.71. The maximum atomic E-state index is 9.65. The molecule has 5 heteroatoms. The van der Waals surface area contributed by atoms with Crippen LogP contribution < -0.4 is 5.32 Å². The van der Waals surface area contributed by atoms with Crippen LogP contribution in [0.1, 0.15) is 219 Å². The fourth-order valence-electron chi connectivity index (χ4n) is 5.80. The van der Waals surface area contributed by atoms with Gasteiger partial charge < -0.3 is 5.32 Å². The molecule has 0 aromatic carbocycles. The van der Waals surface area contributed by atoms with Gasteiger partial charge in [0, 0.05) is 0 Å². The number of hydrogen-bond donors (Lipinski definition) is 1. The Hall–Kier alpha value is -0.840. The quantitative estimate of drug-likeness (QED) is 0.0564. The molecule has 0 aromatic rings. The highest BCUT2D eigenvalue weighted by atomic mass is 17.0. The van der Waals surface area contributed by atoms with Crippen molar-refractivity contribution >= 4 is 0 Å². The van der Waals surface area contributed by atoms with Crippen molar-refractivity contribution in [2.75, 3.05) is 27.3 Å². The third kappa shape index (κ3) is 45.7. The SMILES string of the molecule is CCCCCCCCCCCCCCCCCCNCCCCCCCCCCCCCCCCCC.CO[N+](=O)OC. The Labute approximate surface area is 271 Å². The molecule has 0 aromatic heterocycles. The molecule has 0 amide bonds. The van der Waals surface area contributed by atoms with Gasteiger partial charge in [0.25, 0.3) is 0 Å². The van der Waals surface area contributed by atoms with Crippen molar-refractivity contribution in [3.8, 4) is 0 Å². The third-order valence-corrected chi connectivity index (χ3v) is 8.71. The van der Waals surface area contributed by atoms with Crippen molar-refractivity contribution in [2.24, 2.45) is 0 Å². The minimum absolute atomic E-state index is 0. The van der Waals surface area contributed by atoms with Crippen molar-refractivity contribution in [3.05, 3.63) is 4.91 Å². The largest absolute Gasteiger partial charge is 0.476 e. The monoisotopic (exact) mass is 614 g/mol. The highest BCUT2D eigenvalue weighted by Gasteiger charge is 1.99. The van der Waals surface area contributed by atoms with Gasteiger partial charge >= 0.3 is 5.09 Å². The Balaban J connectivity index is 0. The molecule has 0 fully saturated rings. The maximum Gasteiger partial charge on any atom is 0.476 e. The number of rotatable bonds is 36. The first-order valence-corrected chi connectivity index (χ1v) is 19.5. The van der Waals surface area contributed by atoms with E-state index in [-0.39, 0.29) is 5.09 Å². The summed E-state index contributed by atoms with van der Waals surface area (Å²) in [5.74, 6) is 0. The van der Waals surface area contributed by atoms with Crippen LogP contribution >= 0.6 is 0 Å². The van der Waals surface area contributed by atoms with Gasteiger partial charge in [-0.1, -0.05) is 206 Å². The Morgan fingerprint density at radius 2 is 0.535 bits per heavy atom. The zero-order valence-electron chi connectivity index (χ0n) is 30.2. The zero-order valence-corrected chi connectivity index (χ0v) is 30.2. The summed E-state index contributed by atoms with van der Waals surface area (Å²) >= 11 is 0. The van der Waals surface area contributed by atoms with Crippen LogP contribution in [0.4, 0.5) is 0 Å². The van der Waals surface area contributed by atoms with Crippen LogP contribution in [0.2, 0.25) is 0 Å². The minimum Gasteiger partial charge on any atom is -0.317 e. The molecule has 1 N–H and O–H groups in total. The van der Waals surface area contributed by atoms with Crippen LogP contribution in [0.5, 0.6) is 0 Å². The van der Waals surface area contributed by atoms with Crippen molar-refractivity contribution in [2.45, 2.75) is 219 Å². The molecule has 0 unspecified atom stereocenters. The summed E-state index contributed by atoms with van der Waals surface area (Å²) in [5.41, 5.74) is 0. The van der Waals surface area contributed by atoms with Crippen molar-refractivity contribution in [1.29, 1.82) is 0 Å². The van der Waals surface area contributed by atoms with E-state index in [4.69, 9.17) is 0 Å². The van der Waals surface area contributed by atoms with Gasteiger partial charge in [0.2, 0.25) is 0 Å². The van der Waals surface area contributed by atoms with E-state index in [9.17, 15) is 4.91 Å². The van der Waals surface area contributed by atoms with Gasteiger partial charge in [0.1, 0.15) is 4.91 Å². The molecule has 5 nitrogen and oxygen atoms in total. The lowest BCUT2D eigenvalue weighted by molar-refractivity contribution is -0.972. The summed E-state index contributed by atoms with van der Waals surface area (Å²) in [6.45, 7) is 7.11. The van der Waals surface area contributed by atoms with Gasteiger partial charge in [-0.3, -0.25) is 0 Å². The summed E-state index contributed by atoms with van der Waals surface area (Å²) < 4.78 is 0. The molecule has 0 heterocycles. The highest BCUT2D eigenvalue weighted by Crippen LogP contribution is 2.15. The van der Waals surface area contributed by atoms with Crippen LogP contribution in [-0.4, -0.2) is 32.4 Å². The molecule has 0 aliphatic rings. The number of hydrogen-bond acceptors (Lipinski definition) is 4. The lowest BCUT2D eigenvalue weighted by Gasteiger charge is -2.06. The van der Waals surface area contributed by atoms with Gasteiger partial charge in [-0.2, -0.15) is 9.68 Å². The van der Waals surface area contributed by atoms with Crippen LogP contribution in [0.3, 0.4) is 0 Å². The number of nitrogens with zero attached hydrogens (tertiary/aromatic N) is 1. The summed E-state index contributed by atoms with van der Waals surface area (Å²) in [5, 5.41) is 3.68. The summed E-state index contributed by atoms with van der Waals surface area (Å²) in [6.07, 6.45) is 46.7. The van der Waals surface area contributed by atoms with Gasteiger partial charge in [-0.05, 0) is 25.9 Å². The Morgan fingerprint density at radius 3 is 0.698 bits per heavy atom. The number of nitrogens with one attached hydrogen (secondary N) is 1. The predicted molar refractivity (Wildman–Crippen MR) is 190 cm³/mol. The van der Waals surface area contributed by atoms with E-state index in [2.05, 4.69) is 28.8 Å². The zero-order chi connectivity index (χ0) is 31.7. The fraction of sp³-hybridized carbons (Fsp3) is 1.00. The van der Waals surface area contributed by atoms with Crippen molar-refractivity contribution in [1.82, 2.24) is 5.32 Å². The molecule has 0 radical (unpaired) electrons. The smallest absolute Gasteiger partial charge is 0.317 e. The fourth-order valence-corrected chi connectivity index (χ4v) is 5.80. The Kier molecular flexibility index (Phi) is 44.6. The molecule has 0 saturated heterocycles. The van der Waals surface area contributed by atoms with E-state index < -0.39 is 0 Å². The summed E-state index contributed by atoms with van der Waals surface area (Å²) in [6, 6.07) is 0. The molecule has 0 atom stereocenters. The van der Waals surface area contributed by atoms with Crippen LogP contribution in [0, 0.1) is 4.91 Å². The van der Waals surface area contributed by atoms with E-state index in [1.54, 1.807) is 0 Å². The van der Waals surface area contributed by atoms with Crippen LogP contribution in [-0.2, 0) is 9.68 Å². The minimum atomic E-state index is 0. The Morgan fingerprint density at radius 1 is 0.349 bits per heavy atom. The molecular weight excluding hydrogens is 532 g/mol. The standard InChI is InChI=1S/C36H75N.C2H6NO3/c1-3-5-7-9-11-13-15-17-19-21-23-25-27-29-31-33-35-37-36-34-32-30-28-26-24-22-20-18-16-14-12-10-8-6-4-2;1-5-3(4)6-2/h37H,3-36H2,1-2H3;1-2H3/q;+1. The second kappa shape index (κ2) is 43.3. The predicted octanol–water partition coefficient (Wildman–Crippen LogP) is 13.0. The summed E-state index contributed by atoms with van der Waals surface area (Å²) in [4.78, 5) is 17.6. The Bertz CT molecular complexity index is 450. The van der Waals surface area contributed by atoms with Gasteiger partial charge in [0.05, 0.1) is 0 Å². The van der Waals surface area contributed by atoms with Crippen molar-refractivity contribution in [3.63, 3.8) is 0 Å². The molecule has 260 valence electrons. The van der Waals surface area contributed by atoms with Crippen molar-refractivity contribution < 1.29 is 14.8 Å². The molecule has 0 spiro atoms. The lowest BCUT2D eigenvalue weighted by Crippen LogP contribution is -2.16. The van der Waals surface area contributed by atoms with Gasteiger partial charge in [0.15, 0.2) is 14.2 Å². The van der Waals surface area contributed by atoms with Crippen LogP contribution in [0.25, 0.3) is 0 Å². The molecule has 0 bridgehead atoms. The number of unbranched alkanes of at least 4 members (excludes halogenated alkanes) is 30. The van der Waals surface area contributed by atoms with E-state index in [1.165, 1.54) is 233 Å². The second-order valence-corrected chi connectivity index (χ2v) is 12.9. The van der Waals surface area contributed by atoms with E-state index in [1.807, 2.05) is 0 Å². The maximum absolute atomic E-state index is 9.65. The first-order chi connectivity index (χ1) is 21.2. The van der Waals surface area contributed by atoms with E-state index >= 15 is 0 Å².